The number of nitrogens with zero attached hydrogens (tertiary/aromatic N) is 1. The molecule has 5 heteroatoms. The minimum absolute atomic E-state index is 0.162. The quantitative estimate of drug-likeness (QED) is 0.337. The van der Waals surface area contributed by atoms with Crippen molar-refractivity contribution in [3.05, 3.63) is 12.0 Å². The molecular formula is C10H18N2O2S. The number of oxime groups is 1. The third kappa shape index (κ3) is 3.95. The minimum Gasteiger partial charge on any atom is -0.410 e. The van der Waals surface area contributed by atoms with Crippen LogP contribution in [0.3, 0.4) is 0 Å². The van der Waals surface area contributed by atoms with Crippen LogP contribution < -0.4 is 5.32 Å². The highest BCUT2D eigenvalue weighted by Crippen LogP contribution is 2.31. The van der Waals surface area contributed by atoms with E-state index >= 15 is 0 Å². The van der Waals surface area contributed by atoms with Gasteiger partial charge in [0.2, 0.25) is 5.91 Å². The Labute approximate surface area is 94.8 Å². The van der Waals surface area contributed by atoms with Crippen LogP contribution in [0.25, 0.3) is 0 Å². The Morgan fingerprint density at radius 3 is 2.40 bits per heavy atom. The molecule has 0 fully saturated rings. The Hall–Kier alpha value is -0.970. The predicted octanol–water partition coefficient (Wildman–Crippen LogP) is 2.06. The van der Waals surface area contributed by atoms with Gasteiger partial charge in [0.25, 0.3) is 0 Å². The van der Waals surface area contributed by atoms with E-state index in [0.717, 1.165) is 11.8 Å². The van der Waals surface area contributed by atoms with Gasteiger partial charge in [0.1, 0.15) is 5.04 Å². The van der Waals surface area contributed by atoms with Crippen molar-refractivity contribution in [1.82, 2.24) is 5.32 Å². The molecule has 0 radical (unpaired) electrons. The standard InChI is InChI=1S/C10H18N2O2S/c1-6-15-9(12-14)7(8(13)11-5)10(2,3)4/h6-7,14H,1H2,2-5H3,(H,11,13)/b12-9-. The Balaban J connectivity index is 5.09. The van der Waals surface area contributed by atoms with Gasteiger partial charge in [-0.1, -0.05) is 44.3 Å². The normalized spacial score (nSPS) is 14.5. The van der Waals surface area contributed by atoms with Crippen molar-refractivity contribution in [3.63, 3.8) is 0 Å². The maximum atomic E-state index is 11.7. The fraction of sp³-hybridized carbons (Fsp3) is 0.600. The number of amides is 1. The van der Waals surface area contributed by atoms with Gasteiger partial charge in [-0.3, -0.25) is 4.79 Å². The summed E-state index contributed by atoms with van der Waals surface area (Å²) in [5, 5.41) is 16.5. The number of hydrogen-bond donors (Lipinski definition) is 2. The molecule has 0 saturated carbocycles. The van der Waals surface area contributed by atoms with Crippen LogP contribution in [-0.4, -0.2) is 23.2 Å². The fourth-order valence-electron chi connectivity index (χ4n) is 1.25. The zero-order chi connectivity index (χ0) is 12.1. The van der Waals surface area contributed by atoms with Crippen molar-refractivity contribution >= 4 is 22.7 Å². The molecule has 0 aromatic heterocycles. The molecule has 0 heterocycles. The molecule has 0 spiro atoms. The molecule has 2 N–H and O–H groups in total. The number of hydrogen-bond acceptors (Lipinski definition) is 4. The molecule has 86 valence electrons. The molecule has 0 aliphatic carbocycles. The lowest BCUT2D eigenvalue weighted by molar-refractivity contribution is -0.124. The lowest BCUT2D eigenvalue weighted by Gasteiger charge is -2.28. The Bertz CT molecular complexity index is 269. The molecular weight excluding hydrogens is 212 g/mol. The van der Waals surface area contributed by atoms with E-state index in [0.29, 0.717) is 5.04 Å². The molecule has 0 rings (SSSR count). The SMILES string of the molecule is C=CS/C(=N\O)C(C(=O)NC)C(C)(C)C. The topological polar surface area (TPSA) is 61.7 Å². The van der Waals surface area contributed by atoms with E-state index in [9.17, 15) is 4.79 Å². The number of rotatable bonds is 3. The monoisotopic (exact) mass is 230 g/mol. The van der Waals surface area contributed by atoms with Gasteiger partial charge in [-0.25, -0.2) is 0 Å². The minimum atomic E-state index is -0.476. The maximum Gasteiger partial charge on any atom is 0.230 e. The molecule has 1 amide bonds. The summed E-state index contributed by atoms with van der Waals surface area (Å²) >= 11 is 1.16. The van der Waals surface area contributed by atoms with E-state index < -0.39 is 5.92 Å². The van der Waals surface area contributed by atoms with E-state index in [1.165, 1.54) is 5.41 Å². The van der Waals surface area contributed by atoms with E-state index in [2.05, 4.69) is 17.1 Å². The number of carbonyl (C=O) groups is 1. The number of thioether (sulfide) groups is 1. The van der Waals surface area contributed by atoms with Crippen molar-refractivity contribution in [2.24, 2.45) is 16.5 Å². The van der Waals surface area contributed by atoms with Crippen molar-refractivity contribution in [3.8, 4) is 0 Å². The first-order valence-electron chi connectivity index (χ1n) is 4.59. The summed E-state index contributed by atoms with van der Waals surface area (Å²) in [7, 11) is 1.56. The van der Waals surface area contributed by atoms with Crippen molar-refractivity contribution in [2.75, 3.05) is 7.05 Å². The van der Waals surface area contributed by atoms with Crippen LogP contribution in [0, 0.1) is 11.3 Å². The first kappa shape index (κ1) is 14.0. The molecule has 0 aliphatic rings. The van der Waals surface area contributed by atoms with Crippen molar-refractivity contribution in [2.45, 2.75) is 20.8 Å². The van der Waals surface area contributed by atoms with Gasteiger partial charge in [-0.05, 0) is 10.8 Å². The molecule has 0 bridgehead atoms. The summed E-state index contributed by atoms with van der Waals surface area (Å²) < 4.78 is 0. The van der Waals surface area contributed by atoms with E-state index in [-0.39, 0.29) is 11.3 Å². The van der Waals surface area contributed by atoms with Crippen LogP contribution in [0.2, 0.25) is 0 Å². The van der Waals surface area contributed by atoms with Gasteiger partial charge in [0.05, 0.1) is 5.92 Å². The first-order chi connectivity index (χ1) is 6.88. The second kappa shape index (κ2) is 5.80. The third-order valence-corrected chi connectivity index (χ3v) is 2.65. The van der Waals surface area contributed by atoms with Gasteiger partial charge < -0.3 is 10.5 Å². The highest BCUT2D eigenvalue weighted by molar-refractivity contribution is 8.16. The summed E-state index contributed by atoms with van der Waals surface area (Å²) in [4.78, 5) is 11.7. The molecule has 0 aromatic rings. The average Bonchev–Trinajstić information content (AvgIpc) is 2.14. The number of carbonyl (C=O) groups excluding carboxylic acids is 1. The van der Waals surface area contributed by atoms with E-state index in [1.54, 1.807) is 7.05 Å². The average molecular weight is 230 g/mol. The van der Waals surface area contributed by atoms with Crippen molar-refractivity contribution < 1.29 is 10.0 Å². The Kier molecular flexibility index (Phi) is 5.43. The van der Waals surface area contributed by atoms with Crippen LogP contribution >= 0.6 is 11.8 Å². The zero-order valence-electron chi connectivity index (χ0n) is 9.57. The fourth-order valence-corrected chi connectivity index (χ4v) is 2.07. The molecule has 0 aliphatic heterocycles. The molecule has 0 aromatic carbocycles. The summed E-state index contributed by atoms with van der Waals surface area (Å²) in [6.07, 6.45) is 0. The summed E-state index contributed by atoms with van der Waals surface area (Å²) in [5.74, 6) is -0.639. The van der Waals surface area contributed by atoms with E-state index in [4.69, 9.17) is 5.21 Å². The summed E-state index contributed by atoms with van der Waals surface area (Å²) in [5.41, 5.74) is -0.308. The van der Waals surface area contributed by atoms with E-state index in [1.807, 2.05) is 20.8 Å². The Morgan fingerprint density at radius 1 is 1.60 bits per heavy atom. The highest BCUT2D eigenvalue weighted by Gasteiger charge is 2.35. The highest BCUT2D eigenvalue weighted by atomic mass is 32.2. The van der Waals surface area contributed by atoms with Crippen LogP contribution in [0.1, 0.15) is 20.8 Å². The largest absolute Gasteiger partial charge is 0.410 e. The summed E-state index contributed by atoms with van der Waals surface area (Å²) in [6, 6.07) is 0. The summed E-state index contributed by atoms with van der Waals surface area (Å²) in [6.45, 7) is 9.29. The second-order valence-corrected chi connectivity index (χ2v) is 5.12. The molecule has 0 saturated heterocycles. The molecule has 1 atom stereocenters. The van der Waals surface area contributed by atoms with Crippen LogP contribution in [0.5, 0.6) is 0 Å². The second-order valence-electron chi connectivity index (χ2n) is 4.14. The van der Waals surface area contributed by atoms with Gasteiger partial charge >= 0.3 is 0 Å². The number of nitrogens with one attached hydrogen (secondary N) is 1. The molecule has 4 nitrogen and oxygen atoms in total. The van der Waals surface area contributed by atoms with Gasteiger partial charge in [-0.15, -0.1) is 0 Å². The molecule has 1 unspecified atom stereocenters. The van der Waals surface area contributed by atoms with Gasteiger partial charge in [0, 0.05) is 7.05 Å². The molecule has 15 heavy (non-hydrogen) atoms. The zero-order valence-corrected chi connectivity index (χ0v) is 10.4. The van der Waals surface area contributed by atoms with Gasteiger partial charge in [-0.2, -0.15) is 0 Å². The maximum absolute atomic E-state index is 11.7. The predicted molar refractivity (Wildman–Crippen MR) is 64.0 cm³/mol. The Morgan fingerprint density at radius 2 is 2.13 bits per heavy atom. The lowest BCUT2D eigenvalue weighted by atomic mass is 9.81. The smallest absolute Gasteiger partial charge is 0.230 e. The van der Waals surface area contributed by atoms with Crippen LogP contribution in [-0.2, 0) is 4.79 Å². The lowest BCUT2D eigenvalue weighted by Crippen LogP contribution is -2.40. The first-order valence-corrected chi connectivity index (χ1v) is 5.47. The van der Waals surface area contributed by atoms with Gasteiger partial charge in [0.15, 0.2) is 0 Å². The third-order valence-electron chi connectivity index (χ3n) is 1.92. The van der Waals surface area contributed by atoms with Crippen molar-refractivity contribution in [1.29, 1.82) is 0 Å². The van der Waals surface area contributed by atoms with Crippen LogP contribution in [0.4, 0.5) is 0 Å². The van der Waals surface area contributed by atoms with Crippen LogP contribution in [0.15, 0.2) is 17.1 Å².